The number of benzene rings is 14. The van der Waals surface area contributed by atoms with Gasteiger partial charge in [-0.2, -0.15) is 0 Å². The maximum Gasteiger partial charge on any atom is 0.164 e. The largest absolute Gasteiger partial charge is 0.296 e. The van der Waals surface area contributed by atoms with E-state index >= 15 is 0 Å². The van der Waals surface area contributed by atoms with E-state index in [9.17, 15) is 0 Å². The third kappa shape index (κ3) is 16.8. The summed E-state index contributed by atoms with van der Waals surface area (Å²) in [5.74, 6) is 6.16. The number of aryl methyl sites for hydroxylation is 3. The van der Waals surface area contributed by atoms with Crippen LogP contribution in [0.4, 0.5) is 0 Å². The monoisotopic (exact) mass is 1890 g/mol. The zero-order valence-corrected chi connectivity index (χ0v) is 80.2. The molecule has 14 aromatic carbocycles. The molecule has 0 radical (unpaired) electrons. The summed E-state index contributed by atoms with van der Waals surface area (Å²) in [4.78, 5) is 84.0. The second kappa shape index (κ2) is 38.7. The van der Waals surface area contributed by atoms with Crippen molar-refractivity contribution in [2.75, 3.05) is 0 Å². The number of nitrogens with zero attached hydrogens (tertiary/aromatic N) is 20. The first-order valence-corrected chi connectivity index (χ1v) is 49.2. The predicted octanol–water partition coefficient (Wildman–Crippen LogP) is 29.2. The lowest BCUT2D eigenvalue weighted by Crippen LogP contribution is -2.00. The lowest BCUT2D eigenvalue weighted by molar-refractivity contribution is 0.908. The maximum atomic E-state index is 5.28. The van der Waals surface area contributed by atoms with Crippen molar-refractivity contribution in [2.45, 2.75) is 40.0 Å². The lowest BCUT2D eigenvalue weighted by atomic mass is 9.98. The van der Waals surface area contributed by atoms with Crippen LogP contribution in [0.3, 0.4) is 0 Å². The molecule has 696 valence electrons. The molecule has 0 amide bonds. The molecule has 27 aromatic rings. The van der Waals surface area contributed by atoms with E-state index in [-0.39, 0.29) is 0 Å². The minimum Gasteiger partial charge on any atom is -0.296 e. The van der Waals surface area contributed by atoms with Gasteiger partial charge in [0.1, 0.15) is 17.5 Å². The molecule has 20 heteroatoms. The normalized spacial score (nSPS) is 11.4. The van der Waals surface area contributed by atoms with Crippen LogP contribution in [0.2, 0.25) is 0 Å². The van der Waals surface area contributed by atoms with Crippen LogP contribution in [0, 0.1) is 0 Å². The molecule has 0 saturated carbocycles. The minimum atomic E-state index is 0.600. The van der Waals surface area contributed by atoms with Crippen molar-refractivity contribution < 1.29 is 0 Å². The molecule has 0 unspecified atom stereocenters. The first-order valence-electron chi connectivity index (χ1n) is 49.2. The van der Waals surface area contributed by atoms with Crippen molar-refractivity contribution in [3.8, 4) is 153 Å². The number of aromatic nitrogens is 20. The van der Waals surface area contributed by atoms with Gasteiger partial charge < -0.3 is 0 Å². The Morgan fingerprint density at radius 3 is 0.769 bits per heavy atom. The third-order valence-corrected chi connectivity index (χ3v) is 26.8. The van der Waals surface area contributed by atoms with Gasteiger partial charge in [0.25, 0.3) is 0 Å². The van der Waals surface area contributed by atoms with Gasteiger partial charge in [-0.3, -0.25) is 33.6 Å². The van der Waals surface area contributed by atoms with Gasteiger partial charge in [-0.15, -0.1) is 0 Å². The Labute approximate surface area is 845 Å². The van der Waals surface area contributed by atoms with Gasteiger partial charge in [0.05, 0.1) is 101 Å². The van der Waals surface area contributed by atoms with Crippen molar-refractivity contribution >= 4 is 98.1 Å². The van der Waals surface area contributed by atoms with Crippen LogP contribution >= 0.6 is 0 Å². The van der Waals surface area contributed by atoms with E-state index in [4.69, 9.17) is 64.8 Å². The Hall–Kier alpha value is -19.7. The molecule has 147 heavy (non-hydrogen) atoms. The van der Waals surface area contributed by atoms with Crippen LogP contribution in [0.5, 0.6) is 0 Å². The van der Waals surface area contributed by atoms with E-state index < -0.39 is 0 Å². The summed E-state index contributed by atoms with van der Waals surface area (Å²) < 4.78 is 6.80. The fourth-order valence-electron chi connectivity index (χ4n) is 19.9. The fourth-order valence-corrected chi connectivity index (χ4v) is 19.9. The van der Waals surface area contributed by atoms with Crippen LogP contribution in [-0.4, -0.2) is 98.4 Å². The summed E-state index contributed by atoms with van der Waals surface area (Å²) in [7, 11) is 0. The van der Waals surface area contributed by atoms with E-state index in [1.807, 2.05) is 182 Å². The van der Waals surface area contributed by atoms with Gasteiger partial charge in [0.2, 0.25) is 0 Å². The minimum absolute atomic E-state index is 0.600. The molecular formula is C127H88N20. The summed E-state index contributed by atoms with van der Waals surface area (Å²) >= 11 is 0. The summed E-state index contributed by atoms with van der Waals surface area (Å²) in [5, 5.41) is 9.85. The number of fused-ring (bicyclic) bond motifs is 15. The van der Waals surface area contributed by atoms with E-state index in [0.29, 0.717) is 29.1 Å². The number of pyridine rings is 7. The van der Waals surface area contributed by atoms with Gasteiger partial charge in [-0.25, -0.2) is 64.8 Å². The summed E-state index contributed by atoms with van der Waals surface area (Å²) in [6.07, 6.45) is 13.1. The van der Waals surface area contributed by atoms with Gasteiger partial charge in [-0.05, 0) is 150 Å². The molecule has 13 heterocycles. The molecule has 13 aromatic heterocycles. The first-order chi connectivity index (χ1) is 72.7. The maximum absolute atomic E-state index is 5.28. The molecule has 0 fully saturated rings. The van der Waals surface area contributed by atoms with Crippen molar-refractivity contribution in [2.24, 2.45) is 0 Å². The highest BCUT2D eigenvalue weighted by molar-refractivity contribution is 6.23. The molecule has 20 nitrogen and oxygen atoms in total. The fraction of sp³-hybridized carbons (Fsp3) is 0.0472. The topological polar surface area (TPSA) is 234 Å². The van der Waals surface area contributed by atoms with Gasteiger partial charge in [-0.1, -0.05) is 294 Å². The number of hydrogen-bond donors (Lipinski definition) is 0. The van der Waals surface area contributed by atoms with E-state index in [1.54, 1.807) is 24.8 Å². The van der Waals surface area contributed by atoms with E-state index in [2.05, 4.69) is 291 Å². The van der Waals surface area contributed by atoms with Crippen LogP contribution in [0.1, 0.15) is 38.2 Å². The standard InChI is InChI=1S/C43H30N6.2C42H29N7/c1-2-37-45-40-36(49(37)32-18-10-5-11-19-32)27-26-34-33-20-12-13-21-35(33)44-39(38(34)40)28-22-24-31(25-23-28)43-47-41(29-14-6-3-7-15-29)46-42(48-43)30-16-8-4-9-17-30;1-2-38-48-41-37(49(38)31-12-4-3-5-13-31)21-20-33-32-14-6-7-15-34(32)45-40(39(33)41)27-16-18-28(19-17-27)42-46-35(29-10-8-22-43-25-29)24-36(47-42)30-11-9-23-44-26-30;1-2-38-48-41-37(49(38)29-12-4-3-5-13-29)23-22-31-30-14-6-7-15-32(30)45-40(39(31)41)27-18-20-28(21-19-27)42-46-35(33-16-8-10-24-43-33)26-36(47-42)34-17-9-11-25-44-34/h3-27H,2H2,1H3;2*3-26H,2H2,1H3. The molecule has 0 spiro atoms. The number of rotatable bonds is 18. The number of para-hydroxylation sites is 6. The molecule has 0 aliphatic rings. The third-order valence-electron chi connectivity index (χ3n) is 26.8. The zero-order chi connectivity index (χ0) is 98.2. The number of hydrogen-bond acceptors (Lipinski definition) is 17. The smallest absolute Gasteiger partial charge is 0.164 e. The second-order valence-electron chi connectivity index (χ2n) is 35.8. The summed E-state index contributed by atoms with van der Waals surface area (Å²) in [6.45, 7) is 6.46. The van der Waals surface area contributed by atoms with Crippen LogP contribution in [0.15, 0.2) is 444 Å². The van der Waals surface area contributed by atoms with Crippen LogP contribution in [-0.2, 0) is 19.3 Å². The Bertz CT molecular complexity index is 8560. The molecule has 0 N–H and O–H groups in total. The van der Waals surface area contributed by atoms with Gasteiger partial charge in [0.15, 0.2) is 29.1 Å². The highest BCUT2D eigenvalue weighted by atomic mass is 15.1. The van der Waals surface area contributed by atoms with Gasteiger partial charge in [0, 0.05) is 161 Å². The van der Waals surface area contributed by atoms with Crippen molar-refractivity contribution in [3.05, 3.63) is 461 Å². The van der Waals surface area contributed by atoms with Crippen molar-refractivity contribution in [3.63, 3.8) is 0 Å². The molecule has 0 atom stereocenters. The highest BCUT2D eigenvalue weighted by Crippen LogP contribution is 2.45. The first kappa shape index (κ1) is 88.7. The molecule has 0 aliphatic carbocycles. The molecule has 0 bridgehead atoms. The van der Waals surface area contributed by atoms with Crippen molar-refractivity contribution in [1.29, 1.82) is 0 Å². The van der Waals surface area contributed by atoms with Gasteiger partial charge >= 0.3 is 0 Å². The SMILES string of the molecule is CCc1nc2c3c(-c4ccc(-c5nc(-c6ccccc6)nc(-c6ccccc6)n5)cc4)nc4ccccc4c3ccc2n1-c1ccccc1.CCc1nc2c3c(-c4ccc(-c5nc(-c6ccccn6)cc(-c6ccccn6)n5)cc4)nc4ccccc4c3ccc2n1-c1ccccc1.CCc1nc2c3c(-c4ccc(-c5nc(-c6cccnc6)cc(-c6cccnc6)n5)cc4)nc4ccccc4c3ccc2n1-c1ccccc1. The highest BCUT2D eigenvalue weighted by Gasteiger charge is 2.27. The summed E-state index contributed by atoms with van der Waals surface area (Å²) in [5.41, 5.74) is 28.9. The molecule has 0 saturated heterocycles. The van der Waals surface area contributed by atoms with Crippen molar-refractivity contribution in [1.82, 2.24) is 98.4 Å². The number of imidazole rings is 3. The van der Waals surface area contributed by atoms with E-state index in [1.165, 1.54) is 0 Å². The Morgan fingerprint density at radius 2 is 0.463 bits per heavy atom. The average molecular weight is 1890 g/mol. The second-order valence-corrected chi connectivity index (χ2v) is 35.8. The molecular weight excluding hydrogens is 1810 g/mol. The lowest BCUT2D eigenvalue weighted by Gasteiger charge is -2.13. The molecule has 0 aliphatic heterocycles. The quantitative estimate of drug-likeness (QED) is 0.0726. The van der Waals surface area contributed by atoms with Crippen LogP contribution in [0.25, 0.3) is 251 Å². The van der Waals surface area contributed by atoms with E-state index in [0.717, 1.165) is 259 Å². The summed E-state index contributed by atoms with van der Waals surface area (Å²) in [6, 6.07) is 138. The van der Waals surface area contributed by atoms with Crippen LogP contribution < -0.4 is 0 Å². The predicted molar refractivity (Wildman–Crippen MR) is 591 cm³/mol. The Balaban J connectivity index is 0.000000115. The zero-order valence-electron chi connectivity index (χ0n) is 80.2. The Morgan fingerprint density at radius 1 is 0.190 bits per heavy atom. The molecule has 27 rings (SSSR count). The average Bonchev–Trinajstić information content (AvgIpc) is 1.62. The Kier molecular flexibility index (Phi) is 23.3.